The minimum Gasteiger partial charge on any atom is -0.336 e. The lowest BCUT2D eigenvalue weighted by molar-refractivity contribution is 0.112. The van der Waals surface area contributed by atoms with Crippen LogP contribution in [-0.4, -0.2) is 48.1 Å². The Morgan fingerprint density at radius 2 is 1.79 bits per heavy atom. The van der Waals surface area contributed by atoms with E-state index in [9.17, 15) is 4.79 Å². The topological polar surface area (TPSA) is 35.6 Å². The number of amides is 2. The minimum absolute atomic E-state index is 0.121. The zero-order valence-electron chi connectivity index (χ0n) is 14.2. The fraction of sp³-hybridized carbons (Fsp3) is 0.450. The number of hydrogen-bond acceptors (Lipinski definition) is 2. The molecule has 0 unspecified atom stereocenters. The molecule has 126 valence electrons. The Morgan fingerprint density at radius 1 is 1.04 bits per heavy atom. The lowest BCUT2D eigenvalue weighted by atomic mass is 9.97. The normalized spacial score (nSPS) is 21.2. The van der Waals surface area contributed by atoms with Crippen LogP contribution in [0.2, 0.25) is 0 Å². The summed E-state index contributed by atoms with van der Waals surface area (Å²) in [6.45, 7) is 6.08. The number of hydrogen-bond donors (Lipinski definition) is 1. The van der Waals surface area contributed by atoms with Crippen molar-refractivity contribution in [2.45, 2.75) is 31.8 Å². The second-order valence-electron chi connectivity index (χ2n) is 6.98. The highest BCUT2D eigenvalue weighted by Gasteiger charge is 2.31. The van der Waals surface area contributed by atoms with Crippen LogP contribution in [0.25, 0.3) is 10.8 Å². The van der Waals surface area contributed by atoms with Crippen molar-refractivity contribution in [3.05, 3.63) is 48.0 Å². The van der Waals surface area contributed by atoms with Crippen molar-refractivity contribution in [3.8, 4) is 0 Å². The second kappa shape index (κ2) is 6.44. The van der Waals surface area contributed by atoms with Gasteiger partial charge in [-0.3, -0.25) is 4.90 Å². The summed E-state index contributed by atoms with van der Waals surface area (Å²) >= 11 is 0. The molecule has 1 atom stereocenters. The largest absolute Gasteiger partial charge is 0.336 e. The Labute approximate surface area is 143 Å². The van der Waals surface area contributed by atoms with Gasteiger partial charge >= 0.3 is 6.03 Å². The van der Waals surface area contributed by atoms with Gasteiger partial charge in [-0.2, -0.15) is 0 Å². The summed E-state index contributed by atoms with van der Waals surface area (Å²) in [5.41, 5.74) is 1.38. The third-order valence-electron chi connectivity index (χ3n) is 5.63. The Morgan fingerprint density at radius 3 is 2.50 bits per heavy atom. The molecule has 2 saturated heterocycles. The molecule has 0 bridgehead atoms. The average Bonchev–Trinajstić information content (AvgIpc) is 3.07. The smallest absolute Gasteiger partial charge is 0.317 e. The van der Waals surface area contributed by atoms with Crippen LogP contribution in [0.5, 0.6) is 0 Å². The number of piperidine rings is 1. The molecule has 4 rings (SSSR count). The predicted molar refractivity (Wildman–Crippen MR) is 97.1 cm³/mol. The molecule has 2 amide bonds. The molecule has 4 nitrogen and oxygen atoms in total. The number of nitrogens with zero attached hydrogens (tertiary/aromatic N) is 2. The van der Waals surface area contributed by atoms with E-state index in [1.807, 2.05) is 4.90 Å². The quantitative estimate of drug-likeness (QED) is 0.940. The number of fused-ring (bicyclic) bond motifs is 1. The van der Waals surface area contributed by atoms with Gasteiger partial charge in [0, 0.05) is 38.3 Å². The number of benzene rings is 2. The molecule has 2 aromatic rings. The predicted octanol–water partition coefficient (Wildman–Crippen LogP) is 3.39. The van der Waals surface area contributed by atoms with Crippen LogP contribution in [0.3, 0.4) is 0 Å². The van der Waals surface area contributed by atoms with E-state index in [0.717, 1.165) is 39.0 Å². The minimum atomic E-state index is 0.121. The van der Waals surface area contributed by atoms with Crippen LogP contribution in [0, 0.1) is 0 Å². The SMILES string of the molecule is C[C@H](c1ccc2ccccc2c1)N1CCC(N2CCNC2=O)CC1. The van der Waals surface area contributed by atoms with Gasteiger partial charge in [-0.05, 0) is 42.2 Å². The molecule has 24 heavy (non-hydrogen) atoms. The summed E-state index contributed by atoms with van der Waals surface area (Å²) in [5, 5.41) is 5.53. The summed E-state index contributed by atoms with van der Waals surface area (Å²) < 4.78 is 0. The Bertz CT molecular complexity index is 736. The van der Waals surface area contributed by atoms with Crippen LogP contribution >= 0.6 is 0 Å². The van der Waals surface area contributed by atoms with E-state index in [4.69, 9.17) is 0 Å². The van der Waals surface area contributed by atoms with Crippen LogP contribution in [-0.2, 0) is 0 Å². The lowest BCUT2D eigenvalue weighted by Gasteiger charge is -2.39. The summed E-state index contributed by atoms with van der Waals surface area (Å²) in [5.74, 6) is 0. The van der Waals surface area contributed by atoms with E-state index in [1.165, 1.54) is 16.3 Å². The van der Waals surface area contributed by atoms with Crippen molar-refractivity contribution < 1.29 is 4.79 Å². The van der Waals surface area contributed by atoms with Gasteiger partial charge in [-0.15, -0.1) is 0 Å². The molecular weight excluding hydrogens is 298 g/mol. The number of carbonyl (C=O) groups excluding carboxylic acids is 1. The van der Waals surface area contributed by atoms with Gasteiger partial charge in [0.1, 0.15) is 0 Å². The number of carbonyl (C=O) groups is 1. The Balaban J connectivity index is 1.43. The van der Waals surface area contributed by atoms with Crippen molar-refractivity contribution in [2.75, 3.05) is 26.2 Å². The van der Waals surface area contributed by atoms with E-state index in [2.05, 4.69) is 59.6 Å². The molecule has 0 aliphatic carbocycles. The number of likely N-dealkylation sites (tertiary alicyclic amines) is 1. The molecule has 0 aromatic heterocycles. The monoisotopic (exact) mass is 323 g/mol. The zero-order chi connectivity index (χ0) is 16.5. The summed E-state index contributed by atoms with van der Waals surface area (Å²) in [4.78, 5) is 16.4. The van der Waals surface area contributed by atoms with Crippen molar-refractivity contribution in [3.63, 3.8) is 0 Å². The van der Waals surface area contributed by atoms with Gasteiger partial charge in [-0.1, -0.05) is 36.4 Å². The first kappa shape index (κ1) is 15.5. The first-order valence-electron chi connectivity index (χ1n) is 8.99. The summed E-state index contributed by atoms with van der Waals surface area (Å²) in [6.07, 6.45) is 2.15. The van der Waals surface area contributed by atoms with Crippen LogP contribution in [0.15, 0.2) is 42.5 Å². The van der Waals surface area contributed by atoms with Crippen LogP contribution < -0.4 is 5.32 Å². The fourth-order valence-corrected chi connectivity index (χ4v) is 4.10. The van der Waals surface area contributed by atoms with Crippen LogP contribution in [0.4, 0.5) is 4.79 Å². The molecular formula is C20H25N3O. The third-order valence-corrected chi connectivity index (χ3v) is 5.63. The average molecular weight is 323 g/mol. The van der Waals surface area contributed by atoms with Crippen LogP contribution in [0.1, 0.15) is 31.4 Å². The second-order valence-corrected chi connectivity index (χ2v) is 6.98. The molecule has 0 radical (unpaired) electrons. The molecule has 0 saturated carbocycles. The van der Waals surface area contributed by atoms with E-state index < -0.39 is 0 Å². The zero-order valence-corrected chi connectivity index (χ0v) is 14.2. The first-order chi connectivity index (χ1) is 11.7. The van der Waals surface area contributed by atoms with Gasteiger partial charge in [0.25, 0.3) is 0 Å². The van der Waals surface area contributed by atoms with Crippen molar-refractivity contribution >= 4 is 16.8 Å². The maximum absolute atomic E-state index is 11.8. The van der Waals surface area contributed by atoms with Crippen molar-refractivity contribution in [1.29, 1.82) is 0 Å². The molecule has 2 aromatic carbocycles. The molecule has 0 spiro atoms. The maximum atomic E-state index is 11.8. The Hall–Kier alpha value is -2.07. The van der Waals surface area contributed by atoms with E-state index >= 15 is 0 Å². The van der Waals surface area contributed by atoms with E-state index in [1.54, 1.807) is 0 Å². The van der Waals surface area contributed by atoms with E-state index in [-0.39, 0.29) is 6.03 Å². The highest BCUT2D eigenvalue weighted by atomic mass is 16.2. The first-order valence-corrected chi connectivity index (χ1v) is 8.99. The molecule has 4 heteroatoms. The number of urea groups is 1. The molecule has 2 fully saturated rings. The standard InChI is InChI=1S/C20H25N3O/c1-15(17-7-6-16-4-2-3-5-18(16)14-17)22-11-8-19(9-12-22)23-13-10-21-20(23)24/h2-7,14-15,19H,8-13H2,1H3,(H,21,24)/t15-/m1/s1. The van der Waals surface area contributed by atoms with Gasteiger partial charge in [-0.25, -0.2) is 4.79 Å². The number of nitrogens with one attached hydrogen (secondary N) is 1. The van der Waals surface area contributed by atoms with Crippen molar-refractivity contribution in [2.24, 2.45) is 0 Å². The summed E-state index contributed by atoms with van der Waals surface area (Å²) in [6, 6.07) is 16.3. The van der Waals surface area contributed by atoms with Gasteiger partial charge in [0.2, 0.25) is 0 Å². The molecule has 2 aliphatic heterocycles. The lowest BCUT2D eigenvalue weighted by Crippen LogP contribution is -2.46. The maximum Gasteiger partial charge on any atom is 0.317 e. The molecule has 2 heterocycles. The third kappa shape index (κ3) is 2.86. The number of rotatable bonds is 3. The van der Waals surface area contributed by atoms with Gasteiger partial charge < -0.3 is 10.2 Å². The fourth-order valence-electron chi connectivity index (χ4n) is 4.10. The molecule has 2 aliphatic rings. The van der Waals surface area contributed by atoms with Gasteiger partial charge in [0.05, 0.1) is 0 Å². The summed E-state index contributed by atoms with van der Waals surface area (Å²) in [7, 11) is 0. The highest BCUT2D eigenvalue weighted by molar-refractivity contribution is 5.83. The van der Waals surface area contributed by atoms with Crippen molar-refractivity contribution in [1.82, 2.24) is 15.1 Å². The Kier molecular flexibility index (Phi) is 4.15. The highest BCUT2D eigenvalue weighted by Crippen LogP contribution is 2.28. The molecule has 1 N–H and O–H groups in total. The van der Waals surface area contributed by atoms with Gasteiger partial charge in [0.15, 0.2) is 0 Å². The van der Waals surface area contributed by atoms with E-state index in [0.29, 0.717) is 12.1 Å².